The number of hydrogen-bond acceptors (Lipinski definition) is 3. The molecule has 0 saturated carbocycles. The fourth-order valence-corrected chi connectivity index (χ4v) is 1.75. The van der Waals surface area contributed by atoms with Crippen LogP contribution in [0.2, 0.25) is 0 Å². The van der Waals surface area contributed by atoms with Crippen LogP contribution in [0.1, 0.15) is 41.0 Å². The number of rotatable bonds is 7. The smallest absolute Gasteiger partial charge is 0.224 e. The molecule has 1 amide bonds. The van der Waals surface area contributed by atoms with Gasteiger partial charge >= 0.3 is 0 Å². The van der Waals surface area contributed by atoms with Crippen molar-refractivity contribution in [2.24, 2.45) is 0 Å². The predicted molar refractivity (Wildman–Crippen MR) is 71.1 cm³/mol. The molecule has 0 aliphatic rings. The summed E-state index contributed by atoms with van der Waals surface area (Å²) in [6.07, 6.45) is 0.541. The Morgan fingerprint density at radius 2 is 2.00 bits per heavy atom. The molecular weight excluding hydrogens is 216 g/mol. The van der Waals surface area contributed by atoms with E-state index in [-0.39, 0.29) is 17.5 Å². The van der Waals surface area contributed by atoms with Crippen molar-refractivity contribution in [3.63, 3.8) is 0 Å². The highest BCUT2D eigenvalue weighted by Crippen LogP contribution is 2.04. The summed E-state index contributed by atoms with van der Waals surface area (Å²) < 4.78 is 5.09. The zero-order valence-corrected chi connectivity index (χ0v) is 12.2. The van der Waals surface area contributed by atoms with Crippen molar-refractivity contribution in [1.82, 2.24) is 10.2 Å². The lowest BCUT2D eigenvalue weighted by Crippen LogP contribution is -2.43. The van der Waals surface area contributed by atoms with Crippen LogP contribution >= 0.6 is 0 Å². The van der Waals surface area contributed by atoms with E-state index in [4.69, 9.17) is 4.74 Å². The monoisotopic (exact) mass is 244 g/mol. The summed E-state index contributed by atoms with van der Waals surface area (Å²) in [4.78, 5) is 13.9. The molecule has 0 aromatic rings. The molecule has 0 aromatic carbocycles. The van der Waals surface area contributed by atoms with Gasteiger partial charge in [-0.1, -0.05) is 0 Å². The van der Waals surface area contributed by atoms with Crippen LogP contribution in [0.25, 0.3) is 0 Å². The number of carbonyl (C=O) groups excluding carboxylic acids is 1. The SMILES string of the molecule is CCN(C(=O)CCNC(C)(C)C)C(C)COC. The number of nitrogens with one attached hydrogen (secondary N) is 1. The molecule has 17 heavy (non-hydrogen) atoms. The van der Waals surface area contributed by atoms with E-state index < -0.39 is 0 Å². The van der Waals surface area contributed by atoms with Crippen molar-refractivity contribution < 1.29 is 9.53 Å². The van der Waals surface area contributed by atoms with Crippen LogP contribution in [0.5, 0.6) is 0 Å². The van der Waals surface area contributed by atoms with Gasteiger partial charge in [0.05, 0.1) is 12.6 Å². The minimum Gasteiger partial charge on any atom is -0.383 e. The second kappa shape index (κ2) is 7.67. The molecular formula is C13H28N2O2. The molecule has 0 radical (unpaired) electrons. The third-order valence-corrected chi connectivity index (χ3v) is 2.60. The van der Waals surface area contributed by atoms with Gasteiger partial charge in [-0.2, -0.15) is 0 Å². The largest absolute Gasteiger partial charge is 0.383 e. The van der Waals surface area contributed by atoms with Crippen molar-refractivity contribution >= 4 is 5.91 Å². The van der Waals surface area contributed by atoms with Gasteiger partial charge in [-0.25, -0.2) is 0 Å². The molecule has 0 heterocycles. The van der Waals surface area contributed by atoms with Crippen molar-refractivity contribution in [2.45, 2.75) is 52.6 Å². The van der Waals surface area contributed by atoms with Gasteiger partial charge in [0.2, 0.25) is 5.91 Å². The molecule has 0 bridgehead atoms. The molecule has 0 aliphatic heterocycles. The highest BCUT2D eigenvalue weighted by atomic mass is 16.5. The third-order valence-electron chi connectivity index (χ3n) is 2.60. The molecule has 0 aromatic heterocycles. The Bertz CT molecular complexity index is 224. The standard InChI is InChI=1S/C13H28N2O2/c1-7-15(11(2)10-17-6)12(16)8-9-14-13(3,4)5/h11,14H,7-10H2,1-6H3. The Labute approximate surface area is 106 Å². The van der Waals surface area contributed by atoms with Crippen molar-refractivity contribution in [1.29, 1.82) is 0 Å². The number of likely N-dealkylation sites (N-methyl/N-ethyl adjacent to an activating group) is 1. The summed E-state index contributed by atoms with van der Waals surface area (Å²) in [6, 6.07) is 0.145. The van der Waals surface area contributed by atoms with Crippen LogP contribution < -0.4 is 5.32 Å². The van der Waals surface area contributed by atoms with E-state index in [9.17, 15) is 4.79 Å². The molecule has 0 rings (SSSR count). The molecule has 4 nitrogen and oxygen atoms in total. The molecule has 1 atom stereocenters. The number of amides is 1. The maximum absolute atomic E-state index is 12.0. The first kappa shape index (κ1) is 16.4. The minimum absolute atomic E-state index is 0.0650. The molecule has 0 fully saturated rings. The zero-order valence-electron chi connectivity index (χ0n) is 12.2. The first-order valence-electron chi connectivity index (χ1n) is 6.35. The van der Waals surface area contributed by atoms with Gasteiger partial charge in [0.1, 0.15) is 0 Å². The zero-order chi connectivity index (χ0) is 13.5. The topological polar surface area (TPSA) is 41.6 Å². The normalized spacial score (nSPS) is 13.5. The lowest BCUT2D eigenvalue weighted by molar-refractivity contribution is -0.133. The average Bonchev–Trinajstić information content (AvgIpc) is 2.17. The number of ether oxygens (including phenoxy) is 1. The quantitative estimate of drug-likeness (QED) is 0.740. The van der Waals surface area contributed by atoms with Crippen LogP contribution in [0.4, 0.5) is 0 Å². The maximum atomic E-state index is 12.0. The van der Waals surface area contributed by atoms with Gasteiger partial charge in [-0.3, -0.25) is 4.79 Å². The average molecular weight is 244 g/mol. The molecule has 1 unspecified atom stereocenters. The van der Waals surface area contributed by atoms with Crippen LogP contribution in [0.3, 0.4) is 0 Å². The Morgan fingerprint density at radius 1 is 1.41 bits per heavy atom. The third kappa shape index (κ3) is 7.34. The van der Waals surface area contributed by atoms with E-state index in [2.05, 4.69) is 26.1 Å². The second-order valence-corrected chi connectivity index (χ2v) is 5.41. The van der Waals surface area contributed by atoms with Crippen molar-refractivity contribution in [2.75, 3.05) is 26.8 Å². The van der Waals surface area contributed by atoms with E-state index in [0.717, 1.165) is 13.1 Å². The van der Waals surface area contributed by atoms with Crippen molar-refractivity contribution in [3.8, 4) is 0 Å². The summed E-state index contributed by atoms with van der Waals surface area (Å²) in [6.45, 7) is 12.4. The summed E-state index contributed by atoms with van der Waals surface area (Å²) in [5, 5.41) is 3.32. The molecule has 4 heteroatoms. The van der Waals surface area contributed by atoms with Gasteiger partial charge in [0, 0.05) is 32.2 Å². The summed E-state index contributed by atoms with van der Waals surface area (Å²) in [5.41, 5.74) is 0.0650. The number of carbonyl (C=O) groups is 1. The number of nitrogens with zero attached hydrogens (tertiary/aromatic N) is 1. The fourth-order valence-electron chi connectivity index (χ4n) is 1.75. The van der Waals surface area contributed by atoms with E-state index in [1.54, 1.807) is 7.11 Å². The van der Waals surface area contributed by atoms with Gasteiger partial charge in [0.15, 0.2) is 0 Å². The first-order chi connectivity index (χ1) is 7.81. The van der Waals surface area contributed by atoms with Gasteiger partial charge in [-0.05, 0) is 34.6 Å². The van der Waals surface area contributed by atoms with E-state index in [1.165, 1.54) is 0 Å². The van der Waals surface area contributed by atoms with E-state index in [0.29, 0.717) is 13.0 Å². The van der Waals surface area contributed by atoms with Crippen molar-refractivity contribution in [3.05, 3.63) is 0 Å². The predicted octanol–water partition coefficient (Wildman–Crippen LogP) is 1.65. The Kier molecular flexibility index (Phi) is 7.39. The summed E-state index contributed by atoms with van der Waals surface area (Å²) in [5.74, 6) is 0.189. The molecule has 102 valence electrons. The van der Waals surface area contributed by atoms with E-state index >= 15 is 0 Å². The molecule has 0 spiro atoms. The fraction of sp³-hybridized carbons (Fsp3) is 0.923. The number of methoxy groups -OCH3 is 1. The highest BCUT2D eigenvalue weighted by Gasteiger charge is 2.18. The first-order valence-corrected chi connectivity index (χ1v) is 6.35. The minimum atomic E-state index is 0.0650. The molecule has 0 saturated heterocycles. The maximum Gasteiger partial charge on any atom is 0.224 e. The van der Waals surface area contributed by atoms with Gasteiger partial charge in [0.25, 0.3) is 0 Å². The van der Waals surface area contributed by atoms with Gasteiger partial charge < -0.3 is 15.0 Å². The lowest BCUT2D eigenvalue weighted by Gasteiger charge is -2.28. The number of hydrogen-bond donors (Lipinski definition) is 1. The second-order valence-electron chi connectivity index (χ2n) is 5.41. The molecule has 0 aliphatic carbocycles. The van der Waals surface area contributed by atoms with Crippen LogP contribution in [0, 0.1) is 0 Å². The molecule has 1 N–H and O–H groups in total. The van der Waals surface area contributed by atoms with Crippen LogP contribution in [-0.4, -0.2) is 49.2 Å². The Hall–Kier alpha value is -0.610. The van der Waals surface area contributed by atoms with E-state index in [1.807, 2.05) is 18.7 Å². The summed E-state index contributed by atoms with van der Waals surface area (Å²) in [7, 11) is 1.66. The summed E-state index contributed by atoms with van der Waals surface area (Å²) >= 11 is 0. The van der Waals surface area contributed by atoms with Gasteiger partial charge in [-0.15, -0.1) is 0 Å². The van der Waals surface area contributed by atoms with Crippen LogP contribution in [-0.2, 0) is 9.53 Å². The Morgan fingerprint density at radius 3 is 2.41 bits per heavy atom. The highest BCUT2D eigenvalue weighted by molar-refractivity contribution is 5.76. The lowest BCUT2D eigenvalue weighted by atomic mass is 10.1. The Balaban J connectivity index is 4.09. The van der Waals surface area contributed by atoms with Crippen LogP contribution in [0.15, 0.2) is 0 Å².